The number of carboxylic acids is 1. The molecule has 0 radical (unpaired) electrons. The topological polar surface area (TPSA) is 46.5 Å². The Kier molecular flexibility index (Phi) is 4.83. The lowest BCUT2D eigenvalue weighted by atomic mass is 10.1. The maximum atomic E-state index is 10.6. The second kappa shape index (κ2) is 6.16. The van der Waals surface area contributed by atoms with E-state index in [0.717, 1.165) is 29.7 Å². The quantitative estimate of drug-likeness (QED) is 0.804. The van der Waals surface area contributed by atoms with Crippen LogP contribution in [0.25, 0.3) is 0 Å². The first-order chi connectivity index (χ1) is 7.67. The van der Waals surface area contributed by atoms with Gasteiger partial charge in [-0.3, -0.25) is 4.79 Å². The summed E-state index contributed by atoms with van der Waals surface area (Å²) in [5.74, 6) is 0.0720. The number of benzene rings is 1. The molecule has 0 atom stereocenters. The molecule has 0 amide bonds. The van der Waals surface area contributed by atoms with E-state index in [2.05, 4.69) is 6.92 Å². The lowest BCUT2D eigenvalue weighted by Gasteiger charge is -2.10. The second-order valence-electron chi connectivity index (χ2n) is 3.71. The average molecular weight is 222 g/mol. The van der Waals surface area contributed by atoms with Crippen molar-refractivity contribution in [3.63, 3.8) is 0 Å². The number of carboxylic acid groups (broad SMARTS) is 1. The summed E-state index contributed by atoms with van der Waals surface area (Å²) >= 11 is 0. The van der Waals surface area contributed by atoms with Crippen molar-refractivity contribution in [1.29, 1.82) is 0 Å². The van der Waals surface area contributed by atoms with Gasteiger partial charge in [-0.2, -0.15) is 0 Å². The van der Waals surface area contributed by atoms with Crippen LogP contribution >= 0.6 is 0 Å². The summed E-state index contributed by atoms with van der Waals surface area (Å²) in [5.41, 5.74) is 1.90. The predicted octanol–water partition coefficient (Wildman–Crippen LogP) is 2.66. The van der Waals surface area contributed by atoms with Gasteiger partial charge in [0.2, 0.25) is 0 Å². The van der Waals surface area contributed by atoms with Crippen molar-refractivity contribution in [2.75, 3.05) is 6.61 Å². The van der Waals surface area contributed by atoms with Crippen LogP contribution in [0.3, 0.4) is 0 Å². The van der Waals surface area contributed by atoms with E-state index in [9.17, 15) is 4.79 Å². The molecule has 3 heteroatoms. The van der Waals surface area contributed by atoms with Crippen molar-refractivity contribution < 1.29 is 14.6 Å². The molecule has 0 aliphatic rings. The summed E-state index contributed by atoms with van der Waals surface area (Å²) in [7, 11) is 0. The van der Waals surface area contributed by atoms with E-state index in [1.54, 1.807) is 0 Å². The molecule has 3 nitrogen and oxygen atoms in total. The largest absolute Gasteiger partial charge is 0.493 e. The minimum absolute atomic E-state index is 0.0705. The molecule has 1 rings (SSSR count). The van der Waals surface area contributed by atoms with Gasteiger partial charge in [0.25, 0.3) is 0 Å². The molecule has 0 spiro atoms. The van der Waals surface area contributed by atoms with Gasteiger partial charge >= 0.3 is 5.97 Å². The lowest BCUT2D eigenvalue weighted by Crippen LogP contribution is -2.03. The van der Waals surface area contributed by atoms with Gasteiger partial charge in [-0.05, 0) is 30.0 Å². The smallest absolute Gasteiger partial charge is 0.307 e. The third-order valence-electron chi connectivity index (χ3n) is 2.32. The Morgan fingerprint density at radius 1 is 1.38 bits per heavy atom. The van der Waals surface area contributed by atoms with Crippen LogP contribution < -0.4 is 4.74 Å². The first-order valence-electron chi connectivity index (χ1n) is 5.63. The second-order valence-corrected chi connectivity index (χ2v) is 3.71. The highest BCUT2D eigenvalue weighted by Gasteiger charge is 2.06. The molecule has 0 unspecified atom stereocenters. The number of aryl methyl sites for hydroxylation is 1. The highest BCUT2D eigenvalue weighted by Crippen LogP contribution is 2.21. The van der Waals surface area contributed by atoms with Crippen LogP contribution in [0.4, 0.5) is 0 Å². The van der Waals surface area contributed by atoms with E-state index >= 15 is 0 Å². The van der Waals surface area contributed by atoms with Crippen LogP contribution in [0.15, 0.2) is 18.2 Å². The first kappa shape index (κ1) is 12.6. The molecule has 0 aromatic heterocycles. The van der Waals surface area contributed by atoms with E-state index < -0.39 is 5.97 Å². The molecular formula is C13H18O3. The van der Waals surface area contributed by atoms with Gasteiger partial charge in [0.05, 0.1) is 13.0 Å². The van der Waals surface area contributed by atoms with E-state index in [0.29, 0.717) is 6.61 Å². The van der Waals surface area contributed by atoms with Gasteiger partial charge in [0.15, 0.2) is 0 Å². The van der Waals surface area contributed by atoms with Crippen molar-refractivity contribution in [3.05, 3.63) is 29.3 Å². The summed E-state index contributed by atoms with van der Waals surface area (Å²) in [6.07, 6.45) is 1.90. The summed E-state index contributed by atoms with van der Waals surface area (Å²) in [4.78, 5) is 10.6. The molecule has 1 N–H and O–H groups in total. The fraction of sp³-hybridized carbons (Fsp3) is 0.462. The monoisotopic (exact) mass is 222 g/mol. The number of hydrogen-bond acceptors (Lipinski definition) is 2. The number of aliphatic carboxylic acids is 1. The molecular weight excluding hydrogens is 204 g/mol. The van der Waals surface area contributed by atoms with Crippen LogP contribution in [-0.2, 0) is 17.6 Å². The molecule has 0 saturated carbocycles. The average Bonchev–Trinajstić information content (AvgIpc) is 2.26. The maximum absolute atomic E-state index is 10.6. The van der Waals surface area contributed by atoms with Crippen LogP contribution in [0.2, 0.25) is 0 Å². The van der Waals surface area contributed by atoms with E-state index in [1.165, 1.54) is 0 Å². The molecule has 16 heavy (non-hydrogen) atoms. The Labute approximate surface area is 96.1 Å². The van der Waals surface area contributed by atoms with Gasteiger partial charge < -0.3 is 9.84 Å². The highest BCUT2D eigenvalue weighted by atomic mass is 16.5. The first-order valence-corrected chi connectivity index (χ1v) is 5.63. The standard InChI is InChI=1S/C13H18O3/c1-3-7-16-12-6-5-10(9-13(14)15)8-11(12)4-2/h5-6,8H,3-4,7,9H2,1-2H3,(H,14,15). The Hall–Kier alpha value is -1.51. The van der Waals surface area contributed by atoms with Crippen molar-refractivity contribution in [2.45, 2.75) is 33.1 Å². The Morgan fingerprint density at radius 2 is 2.12 bits per heavy atom. The SMILES string of the molecule is CCCOc1ccc(CC(=O)O)cc1CC. The molecule has 0 fully saturated rings. The van der Waals surface area contributed by atoms with Crippen LogP contribution in [-0.4, -0.2) is 17.7 Å². The molecule has 88 valence electrons. The zero-order chi connectivity index (χ0) is 12.0. The van der Waals surface area contributed by atoms with Crippen molar-refractivity contribution in [2.24, 2.45) is 0 Å². The van der Waals surface area contributed by atoms with Gasteiger partial charge in [0.1, 0.15) is 5.75 Å². The summed E-state index contributed by atoms with van der Waals surface area (Å²) in [5, 5.41) is 8.71. The predicted molar refractivity (Wildman–Crippen MR) is 62.9 cm³/mol. The molecule has 0 aliphatic carbocycles. The molecule has 0 bridgehead atoms. The molecule has 0 saturated heterocycles. The van der Waals surface area contributed by atoms with Gasteiger partial charge in [-0.1, -0.05) is 26.0 Å². The third kappa shape index (κ3) is 3.57. The number of ether oxygens (including phenoxy) is 1. The fourth-order valence-corrected chi connectivity index (χ4v) is 1.55. The number of hydrogen-bond donors (Lipinski definition) is 1. The van der Waals surface area contributed by atoms with Crippen LogP contribution in [0, 0.1) is 0 Å². The molecule has 0 aliphatic heterocycles. The van der Waals surface area contributed by atoms with Crippen molar-refractivity contribution >= 4 is 5.97 Å². The van der Waals surface area contributed by atoms with Gasteiger partial charge in [-0.25, -0.2) is 0 Å². The molecule has 1 aromatic carbocycles. The zero-order valence-corrected chi connectivity index (χ0v) is 9.82. The normalized spacial score (nSPS) is 10.1. The summed E-state index contributed by atoms with van der Waals surface area (Å²) in [6, 6.07) is 5.60. The molecule has 0 heterocycles. The van der Waals surface area contributed by atoms with E-state index in [4.69, 9.17) is 9.84 Å². The summed E-state index contributed by atoms with van der Waals surface area (Å²) in [6.45, 7) is 4.80. The zero-order valence-electron chi connectivity index (χ0n) is 9.82. The van der Waals surface area contributed by atoms with Gasteiger partial charge in [0, 0.05) is 0 Å². The Morgan fingerprint density at radius 3 is 2.69 bits per heavy atom. The van der Waals surface area contributed by atoms with E-state index in [-0.39, 0.29) is 6.42 Å². The van der Waals surface area contributed by atoms with Crippen LogP contribution in [0.5, 0.6) is 5.75 Å². The molecule has 1 aromatic rings. The Bertz CT molecular complexity index is 358. The highest BCUT2D eigenvalue weighted by molar-refractivity contribution is 5.70. The lowest BCUT2D eigenvalue weighted by molar-refractivity contribution is -0.136. The van der Waals surface area contributed by atoms with Gasteiger partial charge in [-0.15, -0.1) is 0 Å². The third-order valence-corrected chi connectivity index (χ3v) is 2.32. The van der Waals surface area contributed by atoms with Crippen molar-refractivity contribution in [3.8, 4) is 5.75 Å². The van der Waals surface area contributed by atoms with E-state index in [1.807, 2.05) is 25.1 Å². The summed E-state index contributed by atoms with van der Waals surface area (Å²) < 4.78 is 5.59. The maximum Gasteiger partial charge on any atom is 0.307 e. The Balaban J connectivity index is 2.83. The van der Waals surface area contributed by atoms with Crippen molar-refractivity contribution in [1.82, 2.24) is 0 Å². The minimum atomic E-state index is -0.802. The fourth-order valence-electron chi connectivity index (χ4n) is 1.55. The number of rotatable bonds is 6. The minimum Gasteiger partial charge on any atom is -0.493 e. The van der Waals surface area contributed by atoms with Crippen LogP contribution in [0.1, 0.15) is 31.4 Å². The number of carbonyl (C=O) groups is 1.